The van der Waals surface area contributed by atoms with Crippen LogP contribution in [0.2, 0.25) is 0 Å². The van der Waals surface area contributed by atoms with Gasteiger partial charge in [-0.1, -0.05) is 26.8 Å². The number of methoxy groups -OCH3 is 1. The summed E-state index contributed by atoms with van der Waals surface area (Å²) in [7, 11) is 1.51. The molecule has 1 amide bonds. The van der Waals surface area contributed by atoms with Gasteiger partial charge < -0.3 is 20.5 Å². The molecule has 6 nitrogen and oxygen atoms in total. The third-order valence-corrected chi connectivity index (χ3v) is 3.84. The highest BCUT2D eigenvalue weighted by Crippen LogP contribution is 2.31. The van der Waals surface area contributed by atoms with E-state index in [0.717, 1.165) is 25.1 Å². The van der Waals surface area contributed by atoms with Gasteiger partial charge in [0.2, 0.25) is 11.8 Å². The fraction of sp³-hybridized carbons (Fsp3) is 0.400. The van der Waals surface area contributed by atoms with Crippen LogP contribution in [0.4, 0.5) is 0 Å². The van der Waals surface area contributed by atoms with E-state index in [-0.39, 0.29) is 0 Å². The molecule has 26 heavy (non-hydrogen) atoms. The Kier molecular flexibility index (Phi) is 6.58. The summed E-state index contributed by atoms with van der Waals surface area (Å²) in [5, 5.41) is 3.42. The van der Waals surface area contributed by atoms with Gasteiger partial charge >= 0.3 is 0 Å². The maximum Gasteiger partial charge on any atom is 0.248 e. The lowest BCUT2D eigenvalue weighted by molar-refractivity contribution is 0.1000. The molecule has 6 heteroatoms. The molecule has 1 heterocycles. The molecule has 0 fully saturated rings. The summed E-state index contributed by atoms with van der Waals surface area (Å²) in [4.78, 5) is 15.6. The van der Waals surface area contributed by atoms with Crippen LogP contribution in [0.5, 0.6) is 17.4 Å². The summed E-state index contributed by atoms with van der Waals surface area (Å²) in [6.07, 6.45) is 2.90. The molecule has 0 atom stereocenters. The Morgan fingerprint density at radius 1 is 1.19 bits per heavy atom. The number of hydrogen-bond donors (Lipinski definition) is 2. The molecule has 0 spiro atoms. The summed E-state index contributed by atoms with van der Waals surface area (Å²) in [6.45, 7) is 8.41. The lowest BCUT2D eigenvalue weighted by Gasteiger charge is -2.18. The lowest BCUT2D eigenvalue weighted by atomic mass is 9.92. The predicted molar refractivity (Wildman–Crippen MR) is 102 cm³/mol. The SMILES string of the molecule is COc1cc(C(N)=O)ccc1Oc1ccc(CNCCC(C)(C)C)cn1. The van der Waals surface area contributed by atoms with Crippen LogP contribution in [-0.2, 0) is 6.54 Å². The number of aromatic nitrogens is 1. The van der Waals surface area contributed by atoms with Crippen LogP contribution < -0.4 is 20.5 Å². The Morgan fingerprint density at radius 3 is 2.54 bits per heavy atom. The third-order valence-electron chi connectivity index (χ3n) is 3.84. The van der Waals surface area contributed by atoms with Crippen molar-refractivity contribution >= 4 is 5.91 Å². The molecule has 2 rings (SSSR count). The molecule has 0 radical (unpaired) electrons. The number of pyridine rings is 1. The normalized spacial score (nSPS) is 11.2. The van der Waals surface area contributed by atoms with Gasteiger partial charge in [0, 0.05) is 24.4 Å². The van der Waals surface area contributed by atoms with E-state index >= 15 is 0 Å². The van der Waals surface area contributed by atoms with Crippen molar-refractivity contribution in [2.24, 2.45) is 11.1 Å². The summed E-state index contributed by atoms with van der Waals surface area (Å²) < 4.78 is 11.0. The van der Waals surface area contributed by atoms with Crippen molar-refractivity contribution < 1.29 is 14.3 Å². The molecule has 0 aliphatic heterocycles. The van der Waals surface area contributed by atoms with Crippen molar-refractivity contribution in [3.63, 3.8) is 0 Å². The van der Waals surface area contributed by atoms with E-state index in [4.69, 9.17) is 15.2 Å². The van der Waals surface area contributed by atoms with Crippen molar-refractivity contribution in [3.05, 3.63) is 47.7 Å². The van der Waals surface area contributed by atoms with Crippen molar-refractivity contribution in [1.29, 1.82) is 0 Å². The van der Waals surface area contributed by atoms with Crippen molar-refractivity contribution in [2.75, 3.05) is 13.7 Å². The molecular formula is C20H27N3O3. The van der Waals surface area contributed by atoms with Crippen molar-refractivity contribution in [3.8, 4) is 17.4 Å². The van der Waals surface area contributed by atoms with E-state index in [1.807, 2.05) is 12.1 Å². The zero-order chi connectivity index (χ0) is 19.2. The van der Waals surface area contributed by atoms with E-state index in [1.165, 1.54) is 7.11 Å². The second-order valence-electron chi connectivity index (χ2n) is 7.32. The van der Waals surface area contributed by atoms with Crippen LogP contribution in [0.3, 0.4) is 0 Å². The Hall–Kier alpha value is -2.60. The second-order valence-corrected chi connectivity index (χ2v) is 7.32. The number of benzene rings is 1. The lowest BCUT2D eigenvalue weighted by Crippen LogP contribution is -2.20. The number of nitrogens with zero attached hydrogens (tertiary/aromatic N) is 1. The van der Waals surface area contributed by atoms with Crippen molar-refractivity contribution in [2.45, 2.75) is 33.7 Å². The van der Waals surface area contributed by atoms with Crippen LogP contribution in [-0.4, -0.2) is 24.5 Å². The maximum atomic E-state index is 11.2. The topological polar surface area (TPSA) is 86.5 Å². The van der Waals surface area contributed by atoms with Crippen molar-refractivity contribution in [1.82, 2.24) is 10.3 Å². The van der Waals surface area contributed by atoms with Gasteiger partial charge in [-0.2, -0.15) is 0 Å². The second kappa shape index (κ2) is 8.67. The maximum absolute atomic E-state index is 11.2. The van der Waals surface area contributed by atoms with Gasteiger partial charge in [-0.3, -0.25) is 4.79 Å². The highest BCUT2D eigenvalue weighted by atomic mass is 16.5. The monoisotopic (exact) mass is 357 g/mol. The predicted octanol–water partition coefficient (Wildman–Crippen LogP) is 3.51. The minimum absolute atomic E-state index is 0.325. The van der Waals surface area contributed by atoms with Crippen LogP contribution >= 0.6 is 0 Å². The molecule has 0 saturated carbocycles. The number of rotatable bonds is 8. The van der Waals surface area contributed by atoms with Crippen LogP contribution in [0.25, 0.3) is 0 Å². The van der Waals surface area contributed by atoms with Gasteiger partial charge in [-0.05, 0) is 42.1 Å². The average molecular weight is 357 g/mol. The van der Waals surface area contributed by atoms with Gasteiger partial charge in [0.25, 0.3) is 0 Å². The quantitative estimate of drug-likeness (QED) is 0.706. The number of nitrogens with two attached hydrogens (primary N) is 1. The van der Waals surface area contributed by atoms with E-state index in [1.54, 1.807) is 24.4 Å². The summed E-state index contributed by atoms with van der Waals surface area (Å²) in [6, 6.07) is 8.56. The fourth-order valence-corrected chi connectivity index (χ4v) is 2.29. The molecule has 2 aromatic rings. The number of carbonyl (C=O) groups excluding carboxylic acids is 1. The summed E-state index contributed by atoms with van der Waals surface area (Å²) >= 11 is 0. The molecule has 1 aromatic heterocycles. The van der Waals surface area contributed by atoms with Gasteiger partial charge in [0.15, 0.2) is 11.5 Å². The summed E-state index contributed by atoms with van der Waals surface area (Å²) in [5.74, 6) is 0.835. The minimum Gasteiger partial charge on any atom is -0.493 e. The highest BCUT2D eigenvalue weighted by Gasteiger charge is 2.11. The zero-order valence-corrected chi connectivity index (χ0v) is 15.8. The zero-order valence-electron chi connectivity index (χ0n) is 15.8. The van der Waals surface area contributed by atoms with Crippen LogP contribution in [0.1, 0.15) is 43.1 Å². The Bertz CT molecular complexity index is 737. The average Bonchev–Trinajstić information content (AvgIpc) is 2.59. The fourth-order valence-electron chi connectivity index (χ4n) is 2.29. The molecule has 140 valence electrons. The van der Waals surface area contributed by atoms with Crippen LogP contribution in [0.15, 0.2) is 36.5 Å². The van der Waals surface area contributed by atoms with Gasteiger partial charge in [0.05, 0.1) is 7.11 Å². The first-order valence-electron chi connectivity index (χ1n) is 8.60. The molecule has 3 N–H and O–H groups in total. The minimum atomic E-state index is -0.517. The number of ether oxygens (including phenoxy) is 2. The molecule has 0 bridgehead atoms. The largest absolute Gasteiger partial charge is 0.493 e. The molecule has 0 saturated heterocycles. The number of nitrogens with one attached hydrogen (secondary N) is 1. The van der Waals surface area contributed by atoms with Crippen LogP contribution in [0, 0.1) is 5.41 Å². The van der Waals surface area contributed by atoms with Gasteiger partial charge in [-0.25, -0.2) is 4.98 Å². The number of carbonyl (C=O) groups is 1. The Balaban J connectivity index is 1.96. The Morgan fingerprint density at radius 2 is 1.96 bits per heavy atom. The first-order valence-corrected chi connectivity index (χ1v) is 8.60. The van der Waals surface area contributed by atoms with E-state index in [0.29, 0.717) is 28.4 Å². The van der Waals surface area contributed by atoms with E-state index in [9.17, 15) is 4.79 Å². The van der Waals surface area contributed by atoms with E-state index in [2.05, 4.69) is 31.1 Å². The highest BCUT2D eigenvalue weighted by molar-refractivity contribution is 5.93. The molecular weight excluding hydrogens is 330 g/mol. The summed E-state index contributed by atoms with van der Waals surface area (Å²) in [5.41, 5.74) is 7.05. The number of hydrogen-bond acceptors (Lipinski definition) is 5. The molecule has 1 aromatic carbocycles. The van der Waals surface area contributed by atoms with E-state index < -0.39 is 5.91 Å². The molecule has 0 aliphatic carbocycles. The van der Waals surface area contributed by atoms with Gasteiger partial charge in [-0.15, -0.1) is 0 Å². The number of primary amides is 1. The molecule has 0 aliphatic rings. The standard InChI is InChI=1S/C20H27N3O3/c1-20(2,3)9-10-22-12-14-5-8-18(23-13-14)26-16-7-6-15(19(21)24)11-17(16)25-4/h5-8,11,13,22H,9-10,12H2,1-4H3,(H2,21,24). The first-order chi connectivity index (χ1) is 12.3. The first kappa shape index (κ1) is 19.7. The smallest absolute Gasteiger partial charge is 0.248 e. The van der Waals surface area contributed by atoms with Gasteiger partial charge in [0.1, 0.15) is 0 Å². The third kappa shape index (κ3) is 6.04. The number of amides is 1. The molecule has 0 unspecified atom stereocenters. The Labute approximate surface area is 154 Å².